The third kappa shape index (κ3) is 1.82. The van der Waals surface area contributed by atoms with Crippen molar-refractivity contribution in [2.45, 2.75) is 0 Å². The molecule has 3 rings (SSSR count). The van der Waals surface area contributed by atoms with Crippen molar-refractivity contribution in [3.63, 3.8) is 0 Å². The maximum atomic E-state index is 6.09. The first-order valence-corrected chi connectivity index (χ1v) is 6.10. The second-order valence-electron chi connectivity index (χ2n) is 3.58. The molecule has 7 heteroatoms. The van der Waals surface area contributed by atoms with Gasteiger partial charge in [-0.25, -0.2) is 0 Å². The van der Waals surface area contributed by atoms with Crippen molar-refractivity contribution in [3.05, 3.63) is 45.8 Å². The van der Waals surface area contributed by atoms with Gasteiger partial charge >= 0.3 is 0 Å². The second kappa shape index (κ2) is 4.39. The summed E-state index contributed by atoms with van der Waals surface area (Å²) in [5.41, 5.74) is 1.36. The molecule has 0 saturated heterocycles. The summed E-state index contributed by atoms with van der Waals surface area (Å²) < 4.78 is 1.69. The summed E-state index contributed by atoms with van der Waals surface area (Å²) in [6, 6.07) is 5.23. The van der Waals surface area contributed by atoms with Crippen molar-refractivity contribution in [1.29, 1.82) is 0 Å². The van der Waals surface area contributed by atoms with E-state index in [-0.39, 0.29) is 0 Å². The van der Waals surface area contributed by atoms with Crippen LogP contribution in [0.1, 0.15) is 0 Å². The molecular weight excluding hydrogens is 295 g/mol. The molecule has 2 heterocycles. The molecule has 0 bridgehead atoms. The Kier molecular flexibility index (Phi) is 2.86. The van der Waals surface area contributed by atoms with Crippen LogP contribution in [-0.2, 0) is 0 Å². The highest BCUT2D eigenvalue weighted by molar-refractivity contribution is 6.42. The van der Waals surface area contributed by atoms with Crippen molar-refractivity contribution in [2.24, 2.45) is 0 Å². The quantitative estimate of drug-likeness (QED) is 0.687. The van der Waals surface area contributed by atoms with Gasteiger partial charge in [0.1, 0.15) is 5.15 Å². The number of rotatable bonds is 1. The highest BCUT2D eigenvalue weighted by atomic mass is 35.5. The molecule has 0 aliphatic rings. The number of hydrogen-bond donors (Lipinski definition) is 0. The minimum atomic E-state index is 0.429. The first-order chi connectivity index (χ1) is 8.66. The van der Waals surface area contributed by atoms with Crippen molar-refractivity contribution >= 4 is 40.4 Å². The molecule has 0 aliphatic carbocycles. The Balaban J connectivity index is 2.28. The fraction of sp³-hybridized carbons (Fsp3) is 0. The Morgan fingerprint density at radius 2 is 1.78 bits per heavy atom. The monoisotopic (exact) mass is 298 g/mol. The van der Waals surface area contributed by atoms with E-state index in [1.54, 1.807) is 28.8 Å². The molecule has 3 aromatic rings. The fourth-order valence-electron chi connectivity index (χ4n) is 1.64. The van der Waals surface area contributed by atoms with Gasteiger partial charge in [0.25, 0.3) is 0 Å². The number of benzene rings is 1. The van der Waals surface area contributed by atoms with Gasteiger partial charge < -0.3 is 0 Å². The lowest BCUT2D eigenvalue weighted by atomic mass is 10.2. The fourth-order valence-corrected chi connectivity index (χ4v) is 2.16. The topological polar surface area (TPSA) is 43.1 Å². The summed E-state index contributed by atoms with van der Waals surface area (Å²) in [6.07, 6.45) is 3.11. The second-order valence-corrected chi connectivity index (χ2v) is 4.78. The zero-order chi connectivity index (χ0) is 12.7. The molecule has 1 aromatic carbocycles. The number of aromatic nitrogens is 4. The molecule has 0 atom stereocenters. The summed E-state index contributed by atoms with van der Waals surface area (Å²) in [5, 5.41) is 9.45. The molecule has 4 nitrogen and oxygen atoms in total. The molecule has 18 heavy (non-hydrogen) atoms. The molecule has 0 saturated carbocycles. The zero-order valence-corrected chi connectivity index (χ0v) is 11.1. The van der Waals surface area contributed by atoms with Crippen molar-refractivity contribution in [1.82, 2.24) is 19.6 Å². The number of halogens is 3. The van der Waals surface area contributed by atoms with E-state index in [2.05, 4.69) is 15.2 Å². The van der Waals surface area contributed by atoms with Gasteiger partial charge in [-0.3, -0.25) is 9.38 Å². The minimum Gasteiger partial charge on any atom is -0.262 e. The Labute approximate surface area is 117 Å². The van der Waals surface area contributed by atoms with E-state index in [1.165, 1.54) is 6.20 Å². The minimum absolute atomic E-state index is 0.429. The summed E-state index contributed by atoms with van der Waals surface area (Å²) in [6.45, 7) is 0. The average molecular weight is 300 g/mol. The van der Waals surface area contributed by atoms with Gasteiger partial charge in [-0.05, 0) is 18.2 Å². The Morgan fingerprint density at radius 1 is 0.944 bits per heavy atom. The summed E-state index contributed by atoms with van der Waals surface area (Å²) in [5.74, 6) is 0.593. The summed E-state index contributed by atoms with van der Waals surface area (Å²) >= 11 is 18.0. The molecule has 90 valence electrons. The maximum Gasteiger partial charge on any atom is 0.180 e. The Morgan fingerprint density at radius 3 is 2.56 bits per heavy atom. The van der Waals surface area contributed by atoms with E-state index < -0.39 is 0 Å². The van der Waals surface area contributed by atoms with Crippen molar-refractivity contribution in [3.8, 4) is 11.4 Å². The number of nitrogens with zero attached hydrogens (tertiary/aromatic N) is 4. The molecule has 0 amide bonds. The highest BCUT2D eigenvalue weighted by Crippen LogP contribution is 2.28. The van der Waals surface area contributed by atoms with Crippen LogP contribution in [0.5, 0.6) is 0 Å². The third-order valence-corrected chi connectivity index (χ3v) is 3.46. The van der Waals surface area contributed by atoms with Crippen LogP contribution in [0, 0.1) is 0 Å². The maximum absolute atomic E-state index is 6.09. The van der Waals surface area contributed by atoms with Gasteiger partial charge in [-0.1, -0.05) is 34.8 Å². The smallest absolute Gasteiger partial charge is 0.180 e. The van der Waals surface area contributed by atoms with Crippen LogP contribution in [0.3, 0.4) is 0 Å². The van der Waals surface area contributed by atoms with Gasteiger partial charge in [0.2, 0.25) is 0 Å². The molecule has 0 spiro atoms. The van der Waals surface area contributed by atoms with Gasteiger partial charge in [-0.2, -0.15) is 0 Å². The first kappa shape index (κ1) is 11.7. The van der Waals surface area contributed by atoms with E-state index in [0.717, 1.165) is 5.56 Å². The summed E-state index contributed by atoms with van der Waals surface area (Å²) in [7, 11) is 0. The SMILES string of the molecule is Clc1ccc(-c2nnc3cncc(Cl)n23)cc1Cl. The van der Waals surface area contributed by atoms with E-state index in [0.29, 0.717) is 26.7 Å². The van der Waals surface area contributed by atoms with E-state index >= 15 is 0 Å². The predicted molar refractivity (Wildman–Crippen MR) is 71.2 cm³/mol. The molecular formula is C11H5Cl3N4. The van der Waals surface area contributed by atoms with Crippen LogP contribution in [-0.4, -0.2) is 19.6 Å². The Hall–Kier alpha value is -1.36. The zero-order valence-electron chi connectivity index (χ0n) is 8.81. The molecule has 0 fully saturated rings. The van der Waals surface area contributed by atoms with Crippen LogP contribution in [0.2, 0.25) is 15.2 Å². The standard InChI is InChI=1S/C11H5Cl3N4/c12-7-2-1-6(3-8(7)13)11-17-16-10-5-15-4-9(14)18(10)11/h1-5H. The van der Waals surface area contributed by atoms with E-state index in [4.69, 9.17) is 34.8 Å². The van der Waals surface area contributed by atoms with Crippen molar-refractivity contribution in [2.75, 3.05) is 0 Å². The highest BCUT2D eigenvalue weighted by Gasteiger charge is 2.12. The van der Waals surface area contributed by atoms with Gasteiger partial charge in [0.15, 0.2) is 11.5 Å². The van der Waals surface area contributed by atoms with Crippen LogP contribution < -0.4 is 0 Å². The normalized spacial score (nSPS) is 11.1. The van der Waals surface area contributed by atoms with Crippen molar-refractivity contribution < 1.29 is 0 Å². The van der Waals surface area contributed by atoms with Crippen LogP contribution in [0.15, 0.2) is 30.6 Å². The largest absolute Gasteiger partial charge is 0.262 e. The Bertz CT molecular complexity index is 738. The van der Waals surface area contributed by atoms with Gasteiger partial charge in [0, 0.05) is 5.56 Å². The lowest BCUT2D eigenvalue weighted by Gasteiger charge is -2.03. The van der Waals surface area contributed by atoms with Gasteiger partial charge in [-0.15, -0.1) is 10.2 Å². The van der Waals surface area contributed by atoms with E-state index in [1.807, 2.05) is 0 Å². The summed E-state index contributed by atoms with van der Waals surface area (Å²) in [4.78, 5) is 3.95. The van der Waals surface area contributed by atoms with Gasteiger partial charge in [0.05, 0.1) is 22.4 Å². The number of hydrogen-bond acceptors (Lipinski definition) is 3. The third-order valence-electron chi connectivity index (χ3n) is 2.45. The average Bonchev–Trinajstić information content (AvgIpc) is 2.78. The molecule has 2 aromatic heterocycles. The first-order valence-electron chi connectivity index (χ1n) is 4.97. The lowest BCUT2D eigenvalue weighted by molar-refractivity contribution is 1.11. The number of fused-ring (bicyclic) bond motifs is 1. The predicted octanol–water partition coefficient (Wildman–Crippen LogP) is 3.75. The van der Waals surface area contributed by atoms with Crippen LogP contribution >= 0.6 is 34.8 Å². The van der Waals surface area contributed by atoms with Crippen LogP contribution in [0.25, 0.3) is 17.0 Å². The molecule has 0 radical (unpaired) electrons. The molecule has 0 unspecified atom stereocenters. The molecule has 0 N–H and O–H groups in total. The van der Waals surface area contributed by atoms with E-state index in [9.17, 15) is 0 Å². The van der Waals surface area contributed by atoms with Crippen LogP contribution in [0.4, 0.5) is 0 Å². The molecule has 0 aliphatic heterocycles. The lowest BCUT2D eigenvalue weighted by Crippen LogP contribution is -1.92.